The van der Waals surface area contributed by atoms with Crippen LogP contribution in [-0.4, -0.2) is 24.9 Å². The van der Waals surface area contributed by atoms with E-state index < -0.39 is 0 Å². The standard InChI is InChI=1S/C13H13N7S/c1-8-2-4-9(5-3-8)20-12-10(6-17-20)11(15-7-16-12)18-19-13(14)21/h2-7H,1H3,(H3,14,19,21)(H,15,16,18). The number of nitrogens with two attached hydrogens (primary N) is 1. The molecule has 2 heterocycles. The summed E-state index contributed by atoms with van der Waals surface area (Å²) in [7, 11) is 0. The van der Waals surface area contributed by atoms with Crippen molar-refractivity contribution >= 4 is 34.2 Å². The number of hydrogen-bond acceptors (Lipinski definition) is 5. The monoisotopic (exact) mass is 299 g/mol. The topological polar surface area (TPSA) is 93.7 Å². The lowest BCUT2D eigenvalue weighted by molar-refractivity contribution is 0.894. The first kappa shape index (κ1) is 13.3. The summed E-state index contributed by atoms with van der Waals surface area (Å²) >= 11 is 4.75. The number of hydrogen-bond donors (Lipinski definition) is 3. The third kappa shape index (κ3) is 2.61. The molecule has 3 aromatic rings. The van der Waals surface area contributed by atoms with Gasteiger partial charge in [0.1, 0.15) is 6.33 Å². The fraction of sp³-hybridized carbons (Fsp3) is 0.0769. The fourth-order valence-corrected chi connectivity index (χ4v) is 1.99. The van der Waals surface area contributed by atoms with Crippen LogP contribution in [0.1, 0.15) is 5.56 Å². The lowest BCUT2D eigenvalue weighted by atomic mass is 10.2. The highest BCUT2D eigenvalue weighted by Crippen LogP contribution is 2.21. The highest BCUT2D eigenvalue weighted by Gasteiger charge is 2.10. The number of hydrazine groups is 1. The van der Waals surface area contributed by atoms with Crippen LogP contribution >= 0.6 is 12.2 Å². The van der Waals surface area contributed by atoms with Crippen molar-refractivity contribution in [1.82, 2.24) is 25.2 Å². The Morgan fingerprint density at radius 2 is 2.00 bits per heavy atom. The zero-order valence-corrected chi connectivity index (χ0v) is 12.1. The Balaban J connectivity index is 2.04. The van der Waals surface area contributed by atoms with Crippen LogP contribution in [0.15, 0.2) is 36.8 Å². The van der Waals surface area contributed by atoms with Crippen LogP contribution < -0.4 is 16.6 Å². The van der Waals surface area contributed by atoms with Crippen molar-refractivity contribution in [3.05, 3.63) is 42.4 Å². The molecule has 4 N–H and O–H groups in total. The number of aryl methyl sites for hydroxylation is 1. The van der Waals surface area contributed by atoms with Crippen LogP contribution in [0.5, 0.6) is 0 Å². The molecule has 8 heteroatoms. The second-order valence-corrected chi connectivity index (χ2v) is 4.91. The molecule has 0 bridgehead atoms. The summed E-state index contributed by atoms with van der Waals surface area (Å²) < 4.78 is 1.75. The molecule has 0 fully saturated rings. The van der Waals surface area contributed by atoms with E-state index in [1.54, 1.807) is 10.9 Å². The van der Waals surface area contributed by atoms with Crippen molar-refractivity contribution in [2.24, 2.45) is 5.73 Å². The third-order valence-electron chi connectivity index (χ3n) is 2.95. The number of fused-ring (bicyclic) bond motifs is 1. The summed E-state index contributed by atoms with van der Waals surface area (Å²) in [5.41, 5.74) is 13.7. The van der Waals surface area contributed by atoms with E-state index in [0.29, 0.717) is 11.5 Å². The summed E-state index contributed by atoms with van der Waals surface area (Å²) in [4.78, 5) is 8.43. The molecule has 106 valence electrons. The minimum atomic E-state index is 0.132. The Morgan fingerprint density at radius 3 is 2.71 bits per heavy atom. The predicted molar refractivity (Wildman–Crippen MR) is 84.9 cm³/mol. The molecule has 0 saturated carbocycles. The van der Waals surface area contributed by atoms with Crippen LogP contribution in [0.25, 0.3) is 16.7 Å². The Labute approximate surface area is 126 Å². The van der Waals surface area contributed by atoms with Crippen LogP contribution in [-0.2, 0) is 0 Å². The van der Waals surface area contributed by atoms with Crippen LogP contribution in [0.3, 0.4) is 0 Å². The average Bonchev–Trinajstić information content (AvgIpc) is 2.90. The van der Waals surface area contributed by atoms with Crippen molar-refractivity contribution in [3.63, 3.8) is 0 Å². The normalized spacial score (nSPS) is 10.5. The van der Waals surface area contributed by atoms with Gasteiger partial charge in [0, 0.05) is 0 Å². The SMILES string of the molecule is Cc1ccc(-n2ncc3c(NNC(N)=S)ncnc32)cc1. The second-order valence-electron chi connectivity index (χ2n) is 4.47. The maximum absolute atomic E-state index is 5.39. The highest BCUT2D eigenvalue weighted by atomic mass is 32.1. The van der Waals surface area contributed by atoms with E-state index in [1.807, 2.05) is 31.2 Å². The quantitative estimate of drug-likeness (QED) is 0.495. The predicted octanol–water partition coefficient (Wildman–Crippen LogP) is 1.28. The van der Waals surface area contributed by atoms with Gasteiger partial charge in [-0.2, -0.15) is 5.10 Å². The molecule has 0 aliphatic heterocycles. The first-order valence-electron chi connectivity index (χ1n) is 6.22. The van der Waals surface area contributed by atoms with Gasteiger partial charge in [0.05, 0.1) is 17.3 Å². The Bertz CT molecular complexity index is 794. The van der Waals surface area contributed by atoms with Crippen LogP contribution in [0, 0.1) is 6.92 Å². The van der Waals surface area contributed by atoms with Gasteiger partial charge in [-0.3, -0.25) is 10.9 Å². The average molecular weight is 299 g/mol. The zero-order chi connectivity index (χ0) is 14.8. The van der Waals surface area contributed by atoms with Crippen molar-refractivity contribution in [2.45, 2.75) is 6.92 Å². The third-order valence-corrected chi connectivity index (χ3v) is 3.05. The van der Waals surface area contributed by atoms with E-state index in [9.17, 15) is 0 Å². The number of anilines is 1. The van der Waals surface area contributed by atoms with E-state index in [-0.39, 0.29) is 5.11 Å². The lowest BCUT2D eigenvalue weighted by Gasteiger charge is -2.07. The first-order chi connectivity index (χ1) is 10.1. The molecular formula is C13H13N7S. The number of rotatable bonds is 3. The molecule has 1 aromatic carbocycles. The smallest absolute Gasteiger partial charge is 0.182 e. The van der Waals surface area contributed by atoms with Crippen LogP contribution in [0.4, 0.5) is 5.82 Å². The number of nitrogens with one attached hydrogen (secondary N) is 2. The minimum Gasteiger partial charge on any atom is -0.375 e. The molecule has 21 heavy (non-hydrogen) atoms. The van der Waals surface area contributed by atoms with Crippen molar-refractivity contribution in [3.8, 4) is 5.69 Å². The summed E-state index contributed by atoms with van der Waals surface area (Å²) in [6.45, 7) is 2.04. The number of nitrogens with zero attached hydrogens (tertiary/aromatic N) is 4. The first-order valence-corrected chi connectivity index (χ1v) is 6.63. The molecule has 0 unspecified atom stereocenters. The van der Waals surface area contributed by atoms with Gasteiger partial charge in [-0.05, 0) is 31.3 Å². The minimum absolute atomic E-state index is 0.132. The van der Waals surface area contributed by atoms with Gasteiger partial charge in [-0.1, -0.05) is 17.7 Å². The molecule has 0 radical (unpaired) electrons. The molecule has 7 nitrogen and oxygen atoms in total. The molecule has 0 spiro atoms. The van der Waals surface area contributed by atoms with Crippen molar-refractivity contribution < 1.29 is 0 Å². The maximum Gasteiger partial charge on any atom is 0.182 e. The van der Waals surface area contributed by atoms with Gasteiger partial charge in [0.2, 0.25) is 0 Å². The molecular weight excluding hydrogens is 286 g/mol. The van der Waals surface area contributed by atoms with E-state index >= 15 is 0 Å². The Kier molecular flexibility index (Phi) is 3.36. The van der Waals surface area contributed by atoms with E-state index in [0.717, 1.165) is 11.1 Å². The molecule has 0 atom stereocenters. The van der Waals surface area contributed by atoms with E-state index in [4.69, 9.17) is 18.0 Å². The molecule has 0 saturated heterocycles. The zero-order valence-electron chi connectivity index (χ0n) is 11.2. The Morgan fingerprint density at radius 1 is 1.24 bits per heavy atom. The van der Waals surface area contributed by atoms with Crippen LogP contribution in [0.2, 0.25) is 0 Å². The summed E-state index contributed by atoms with van der Waals surface area (Å²) in [5.74, 6) is 0.561. The van der Waals surface area contributed by atoms with E-state index in [1.165, 1.54) is 11.9 Å². The molecule has 3 rings (SSSR count). The Hall–Kier alpha value is -2.74. The van der Waals surface area contributed by atoms with Gasteiger partial charge < -0.3 is 5.73 Å². The lowest BCUT2D eigenvalue weighted by Crippen LogP contribution is -2.34. The maximum atomic E-state index is 5.39. The summed E-state index contributed by atoms with van der Waals surface area (Å²) in [6, 6.07) is 8.03. The van der Waals surface area contributed by atoms with E-state index in [2.05, 4.69) is 25.9 Å². The summed E-state index contributed by atoms with van der Waals surface area (Å²) in [5, 5.41) is 5.26. The van der Waals surface area contributed by atoms with Crippen molar-refractivity contribution in [1.29, 1.82) is 0 Å². The molecule has 2 aromatic heterocycles. The summed E-state index contributed by atoms with van der Waals surface area (Å²) in [6.07, 6.45) is 3.15. The van der Waals surface area contributed by atoms with Gasteiger partial charge >= 0.3 is 0 Å². The number of thiocarbonyl (C=S) groups is 1. The van der Waals surface area contributed by atoms with Gasteiger partial charge in [-0.15, -0.1) is 0 Å². The fourth-order valence-electron chi connectivity index (χ4n) is 1.94. The van der Waals surface area contributed by atoms with Crippen molar-refractivity contribution in [2.75, 3.05) is 5.43 Å². The number of benzene rings is 1. The second kappa shape index (κ2) is 5.33. The molecule has 0 aliphatic rings. The molecule has 0 aliphatic carbocycles. The largest absolute Gasteiger partial charge is 0.375 e. The van der Waals surface area contributed by atoms with Gasteiger partial charge in [-0.25, -0.2) is 14.6 Å². The van der Waals surface area contributed by atoms with Gasteiger partial charge in [0.15, 0.2) is 16.6 Å². The highest BCUT2D eigenvalue weighted by molar-refractivity contribution is 7.80. The molecule has 0 amide bonds. The number of aromatic nitrogens is 4. The van der Waals surface area contributed by atoms with Gasteiger partial charge in [0.25, 0.3) is 0 Å².